The number of carbonyl (C=O) groups is 2. The molecule has 0 saturated carbocycles. The third-order valence-corrected chi connectivity index (χ3v) is 6.98. The van der Waals surface area contributed by atoms with E-state index in [0.29, 0.717) is 38.1 Å². The van der Waals surface area contributed by atoms with Gasteiger partial charge in [-0.2, -0.15) is 4.74 Å². The summed E-state index contributed by atoms with van der Waals surface area (Å²) in [6.45, 7) is 0. The number of imide groups is 1. The van der Waals surface area contributed by atoms with E-state index in [1.54, 1.807) is 60.7 Å². The van der Waals surface area contributed by atoms with Gasteiger partial charge in [-0.05, 0) is 48.0 Å². The Morgan fingerprint density at radius 1 is 0.765 bits per heavy atom. The van der Waals surface area contributed by atoms with Gasteiger partial charge in [-0.25, -0.2) is 4.90 Å². The standard InChI is InChI=1S/C28H17BrN2O3/c29-19-15-16-21-23(17-19)28(27(33)30(26(21)32)20-11-5-2-6-12-20)22-13-7-8-14-24(22)31(34)25(28)18-9-3-1-4-10-18/h1-17H/t28-/m0/s1. The molecule has 4 aromatic carbocycles. The number of amides is 2. The van der Waals surface area contributed by atoms with Crippen LogP contribution in [0.25, 0.3) is 0 Å². The third kappa shape index (κ3) is 2.63. The summed E-state index contributed by atoms with van der Waals surface area (Å²) in [4.78, 5) is 29.5. The van der Waals surface area contributed by atoms with E-state index >= 15 is 0 Å². The quantitative estimate of drug-likeness (QED) is 0.202. The molecule has 6 heteroatoms. The predicted molar refractivity (Wildman–Crippen MR) is 133 cm³/mol. The summed E-state index contributed by atoms with van der Waals surface area (Å²) in [6, 6.07) is 30.4. The van der Waals surface area contributed by atoms with Gasteiger partial charge in [-0.15, -0.1) is 0 Å². The highest BCUT2D eigenvalue weighted by atomic mass is 79.9. The molecule has 0 bridgehead atoms. The summed E-state index contributed by atoms with van der Waals surface area (Å²) in [6.07, 6.45) is 0. The summed E-state index contributed by atoms with van der Waals surface area (Å²) in [5, 5.41) is 13.8. The molecule has 0 saturated heterocycles. The molecule has 0 aliphatic carbocycles. The van der Waals surface area contributed by atoms with Crippen molar-refractivity contribution >= 4 is 44.8 Å². The summed E-state index contributed by atoms with van der Waals surface area (Å²) in [7, 11) is 0. The summed E-state index contributed by atoms with van der Waals surface area (Å²) in [5.41, 5.74) is 1.69. The van der Waals surface area contributed by atoms with Gasteiger partial charge >= 0.3 is 0 Å². The van der Waals surface area contributed by atoms with E-state index in [9.17, 15) is 14.8 Å². The molecule has 0 fully saturated rings. The van der Waals surface area contributed by atoms with Gasteiger partial charge < -0.3 is 5.21 Å². The van der Waals surface area contributed by atoms with Crippen molar-refractivity contribution in [3.8, 4) is 0 Å². The van der Waals surface area contributed by atoms with Crippen LogP contribution in [0.5, 0.6) is 0 Å². The molecule has 6 rings (SSSR count). The van der Waals surface area contributed by atoms with Gasteiger partial charge in [0.05, 0.1) is 11.3 Å². The van der Waals surface area contributed by atoms with Crippen LogP contribution in [-0.2, 0) is 10.2 Å². The molecule has 0 N–H and O–H groups in total. The second kappa shape index (κ2) is 7.50. The van der Waals surface area contributed by atoms with Crippen molar-refractivity contribution < 1.29 is 14.3 Å². The molecule has 0 unspecified atom stereocenters. The monoisotopic (exact) mass is 508 g/mol. The number of benzene rings is 4. The molecule has 2 aliphatic rings. The highest BCUT2D eigenvalue weighted by Gasteiger charge is 2.64. The molecule has 1 spiro atoms. The Kier molecular flexibility index (Phi) is 4.54. The third-order valence-electron chi connectivity index (χ3n) is 6.49. The maximum Gasteiger partial charge on any atom is 0.265 e. The van der Waals surface area contributed by atoms with E-state index in [2.05, 4.69) is 15.9 Å². The number of rotatable bonds is 2. The highest BCUT2D eigenvalue weighted by molar-refractivity contribution is 9.10. The molecule has 0 radical (unpaired) electrons. The average Bonchev–Trinajstić information content (AvgIpc) is 3.13. The maximum atomic E-state index is 14.6. The van der Waals surface area contributed by atoms with Crippen LogP contribution in [0.2, 0.25) is 0 Å². The zero-order valence-corrected chi connectivity index (χ0v) is 19.4. The smallest absolute Gasteiger partial charge is 0.265 e. The first-order valence-corrected chi connectivity index (χ1v) is 11.6. The van der Waals surface area contributed by atoms with Crippen LogP contribution in [0.4, 0.5) is 11.4 Å². The van der Waals surface area contributed by atoms with Crippen LogP contribution in [-0.4, -0.2) is 22.3 Å². The first-order chi connectivity index (χ1) is 16.5. The fourth-order valence-electron chi connectivity index (χ4n) is 5.11. The number of halogens is 1. The van der Waals surface area contributed by atoms with Crippen molar-refractivity contribution in [2.75, 3.05) is 4.90 Å². The van der Waals surface area contributed by atoms with E-state index in [1.807, 2.05) is 42.5 Å². The predicted octanol–water partition coefficient (Wildman–Crippen LogP) is 5.57. The van der Waals surface area contributed by atoms with Crippen LogP contribution >= 0.6 is 15.9 Å². The van der Waals surface area contributed by atoms with Crippen molar-refractivity contribution in [1.82, 2.24) is 0 Å². The Bertz CT molecular complexity index is 1520. The maximum absolute atomic E-state index is 14.6. The zero-order valence-electron chi connectivity index (χ0n) is 17.8. The molecule has 164 valence electrons. The summed E-state index contributed by atoms with van der Waals surface area (Å²) < 4.78 is 1.56. The molecular formula is C28H17BrN2O3. The fourth-order valence-corrected chi connectivity index (χ4v) is 5.47. The molecule has 34 heavy (non-hydrogen) atoms. The van der Waals surface area contributed by atoms with Crippen molar-refractivity contribution in [3.05, 3.63) is 135 Å². The van der Waals surface area contributed by atoms with Crippen molar-refractivity contribution in [2.24, 2.45) is 0 Å². The SMILES string of the molecule is O=C1c2ccc(Br)cc2[C@]2(C(=O)N1c1ccccc1)C(c1ccccc1)=[N+]([O-])c1ccccc12. The van der Waals surface area contributed by atoms with Crippen molar-refractivity contribution in [3.63, 3.8) is 0 Å². The van der Waals surface area contributed by atoms with E-state index in [1.165, 1.54) is 4.90 Å². The zero-order chi connectivity index (χ0) is 23.4. The Hall–Kier alpha value is -4.03. The van der Waals surface area contributed by atoms with E-state index in [-0.39, 0.29) is 5.71 Å². The molecule has 2 aliphatic heterocycles. The van der Waals surface area contributed by atoms with Crippen LogP contribution < -0.4 is 4.90 Å². The number of anilines is 1. The van der Waals surface area contributed by atoms with Crippen molar-refractivity contribution in [1.29, 1.82) is 0 Å². The Balaban J connectivity index is 1.78. The van der Waals surface area contributed by atoms with E-state index in [4.69, 9.17) is 0 Å². The van der Waals surface area contributed by atoms with Crippen molar-refractivity contribution in [2.45, 2.75) is 5.41 Å². The van der Waals surface area contributed by atoms with Gasteiger partial charge in [-0.3, -0.25) is 9.59 Å². The lowest BCUT2D eigenvalue weighted by molar-refractivity contribution is -0.357. The largest absolute Gasteiger partial charge is 0.618 e. The topological polar surface area (TPSA) is 63.5 Å². The molecule has 5 nitrogen and oxygen atoms in total. The lowest BCUT2D eigenvalue weighted by Gasteiger charge is -2.38. The number of para-hydroxylation sites is 2. The average molecular weight is 509 g/mol. The number of hydrogen-bond acceptors (Lipinski definition) is 3. The van der Waals surface area contributed by atoms with Gasteiger partial charge in [0.15, 0.2) is 5.41 Å². The number of carbonyl (C=O) groups excluding carboxylic acids is 2. The summed E-state index contributed by atoms with van der Waals surface area (Å²) >= 11 is 3.51. The lowest BCUT2D eigenvalue weighted by Crippen LogP contribution is -2.58. The number of nitrogens with zero attached hydrogens (tertiary/aromatic N) is 2. The molecule has 2 amide bonds. The van der Waals surface area contributed by atoms with E-state index < -0.39 is 17.2 Å². The van der Waals surface area contributed by atoms with Crippen LogP contribution in [0.15, 0.2) is 108 Å². The number of hydrogen-bond donors (Lipinski definition) is 0. The highest BCUT2D eigenvalue weighted by Crippen LogP contribution is 2.51. The molecule has 2 heterocycles. The first-order valence-electron chi connectivity index (χ1n) is 10.8. The number of fused-ring (bicyclic) bond motifs is 4. The van der Waals surface area contributed by atoms with Gasteiger partial charge in [0, 0.05) is 21.7 Å². The lowest BCUT2D eigenvalue weighted by atomic mass is 9.65. The second-order valence-corrected chi connectivity index (χ2v) is 9.16. The van der Waals surface area contributed by atoms with E-state index in [0.717, 1.165) is 4.74 Å². The Labute approximate surface area is 204 Å². The molecule has 1 atom stereocenters. The molecule has 4 aromatic rings. The fraction of sp³-hybridized carbons (Fsp3) is 0.0357. The normalized spacial score (nSPS) is 18.9. The van der Waals surface area contributed by atoms with Gasteiger partial charge in [0.2, 0.25) is 11.4 Å². The molecular weight excluding hydrogens is 492 g/mol. The Morgan fingerprint density at radius 2 is 1.41 bits per heavy atom. The van der Waals surface area contributed by atoms with Gasteiger partial charge in [0.25, 0.3) is 11.8 Å². The van der Waals surface area contributed by atoms with Crippen LogP contribution in [0, 0.1) is 5.21 Å². The minimum Gasteiger partial charge on any atom is -0.618 e. The minimum absolute atomic E-state index is 0.284. The van der Waals surface area contributed by atoms with Crippen LogP contribution in [0.3, 0.4) is 0 Å². The van der Waals surface area contributed by atoms with Crippen LogP contribution in [0.1, 0.15) is 27.0 Å². The summed E-state index contributed by atoms with van der Waals surface area (Å²) in [5.74, 6) is -0.891. The minimum atomic E-state index is -1.50. The molecule has 0 aromatic heterocycles. The first kappa shape index (κ1) is 20.6. The van der Waals surface area contributed by atoms with Gasteiger partial charge in [-0.1, -0.05) is 70.5 Å². The second-order valence-electron chi connectivity index (χ2n) is 8.25. The Morgan fingerprint density at radius 3 is 2.15 bits per heavy atom. The van der Waals surface area contributed by atoms with Gasteiger partial charge in [0.1, 0.15) is 0 Å².